The predicted molar refractivity (Wildman–Crippen MR) is 203 cm³/mol. The summed E-state index contributed by atoms with van der Waals surface area (Å²) in [5, 5.41) is 24.1. The number of fused-ring (bicyclic) bond motifs is 1. The Labute approximate surface area is 327 Å². The third kappa shape index (κ3) is 5.88. The van der Waals surface area contributed by atoms with Gasteiger partial charge in [-0.25, -0.2) is 0 Å². The molecule has 302 valence electrons. The second-order valence-electron chi connectivity index (χ2n) is 18.0. The number of ether oxygens (including phenoxy) is 3. The van der Waals surface area contributed by atoms with Gasteiger partial charge in [0.25, 0.3) is 0 Å². The second-order valence-corrected chi connectivity index (χ2v) is 18.0. The van der Waals surface area contributed by atoms with Gasteiger partial charge in [0.05, 0.1) is 50.6 Å². The van der Waals surface area contributed by atoms with E-state index in [2.05, 4.69) is 26.0 Å². The van der Waals surface area contributed by atoms with Crippen molar-refractivity contribution in [2.75, 3.05) is 33.9 Å². The van der Waals surface area contributed by atoms with Crippen LogP contribution in [-0.4, -0.2) is 78.5 Å². The van der Waals surface area contributed by atoms with Gasteiger partial charge < -0.3 is 29.3 Å². The van der Waals surface area contributed by atoms with Crippen LogP contribution in [0.15, 0.2) is 66.3 Å². The standard InChI is InChI=1S/C45H54F3NO7/c1-40-15-12-31(50)24-42(40)18-19-44(33(25-42)39(52)29-7-5-8-30(23-29)45(46,47)48)36(40)13-16-41(2)37(44)14-17-43(41,53)27-49(26-32-9-6-20-56-32)38(51)22-28-10-11-34(54-3)35(21-28)55-4/h5,7-8,10-11,18-19,21,23,25,31-32,36-37,50,53H,6,9,12-17,20,22,24,26-27H2,1-4H3/t31?,32-,36-,37-,40-,41+,42+,43-,44-/m1/s1. The average Bonchev–Trinajstić information content (AvgIpc) is 3.78. The Morgan fingerprint density at radius 1 is 0.929 bits per heavy atom. The third-order valence-electron chi connectivity index (χ3n) is 15.5. The lowest BCUT2D eigenvalue weighted by Gasteiger charge is -2.71. The average molecular weight is 778 g/mol. The Kier molecular flexibility index (Phi) is 9.60. The van der Waals surface area contributed by atoms with E-state index in [0.717, 1.165) is 37.0 Å². The van der Waals surface area contributed by atoms with Crippen molar-refractivity contribution in [1.82, 2.24) is 4.90 Å². The van der Waals surface area contributed by atoms with Crippen molar-refractivity contribution >= 4 is 11.7 Å². The number of nitrogens with zero attached hydrogens (tertiary/aromatic N) is 1. The molecule has 3 saturated carbocycles. The van der Waals surface area contributed by atoms with Crippen molar-refractivity contribution in [2.24, 2.45) is 33.5 Å². The molecule has 1 amide bonds. The SMILES string of the molecule is COc1ccc(CC(=O)N(C[C@H]2CCCO2)C[C@]2(O)CC[C@H]3[C@]45C=C[C@@]6(C=C4C(=O)c4cccc(C(F)(F)F)c4)CC(O)CC[C@]6(C)[C@H]5CC[C@@]32C)cc1OC. The van der Waals surface area contributed by atoms with Crippen LogP contribution in [0.4, 0.5) is 13.2 Å². The van der Waals surface area contributed by atoms with E-state index in [4.69, 9.17) is 14.2 Å². The van der Waals surface area contributed by atoms with Crippen molar-refractivity contribution in [3.63, 3.8) is 0 Å². The van der Waals surface area contributed by atoms with Gasteiger partial charge in [0.1, 0.15) is 0 Å². The van der Waals surface area contributed by atoms with E-state index < -0.39 is 45.5 Å². The van der Waals surface area contributed by atoms with Crippen LogP contribution in [-0.2, 0) is 22.1 Å². The maximum absolute atomic E-state index is 14.9. The number of aliphatic hydroxyl groups excluding tert-OH is 1. The zero-order valence-electron chi connectivity index (χ0n) is 32.8. The smallest absolute Gasteiger partial charge is 0.416 e. The number of ketones is 1. The Morgan fingerprint density at radius 3 is 2.38 bits per heavy atom. The van der Waals surface area contributed by atoms with Crippen LogP contribution >= 0.6 is 0 Å². The van der Waals surface area contributed by atoms with Crippen LogP contribution < -0.4 is 9.47 Å². The maximum atomic E-state index is 14.9. The highest BCUT2D eigenvalue weighted by Crippen LogP contribution is 2.78. The number of carbonyl (C=O) groups is 2. The fraction of sp³-hybridized carbons (Fsp3) is 0.600. The molecule has 2 spiro atoms. The zero-order valence-corrected chi connectivity index (χ0v) is 32.8. The van der Waals surface area contributed by atoms with Gasteiger partial charge in [-0.3, -0.25) is 9.59 Å². The first-order valence-corrected chi connectivity index (χ1v) is 20.2. The number of alkyl halides is 3. The fourth-order valence-electron chi connectivity index (χ4n) is 12.5. The van der Waals surface area contributed by atoms with E-state index in [1.54, 1.807) is 31.3 Å². The highest BCUT2D eigenvalue weighted by Gasteiger charge is 2.74. The molecule has 2 bridgehead atoms. The van der Waals surface area contributed by atoms with Gasteiger partial charge in [0.2, 0.25) is 5.91 Å². The molecule has 1 saturated heterocycles. The molecule has 4 fully saturated rings. The number of amides is 1. The molecule has 0 radical (unpaired) electrons. The number of methoxy groups -OCH3 is 2. The predicted octanol–water partition coefficient (Wildman–Crippen LogP) is 7.75. The van der Waals surface area contributed by atoms with Crippen molar-refractivity contribution in [2.45, 2.75) is 102 Å². The number of carbonyl (C=O) groups excluding carboxylic acids is 2. The molecule has 1 aliphatic heterocycles. The van der Waals surface area contributed by atoms with Gasteiger partial charge >= 0.3 is 6.18 Å². The maximum Gasteiger partial charge on any atom is 0.416 e. The molecule has 9 rings (SSSR count). The molecular formula is C45H54F3NO7. The highest BCUT2D eigenvalue weighted by molar-refractivity contribution is 6.10. The van der Waals surface area contributed by atoms with E-state index in [1.807, 2.05) is 12.1 Å². The molecule has 2 N–H and O–H groups in total. The molecule has 2 aromatic carbocycles. The number of halogens is 3. The quantitative estimate of drug-likeness (QED) is 0.188. The van der Waals surface area contributed by atoms with Crippen molar-refractivity contribution in [3.05, 3.63) is 83.0 Å². The summed E-state index contributed by atoms with van der Waals surface area (Å²) in [6, 6.07) is 10.1. The van der Waals surface area contributed by atoms with Crippen LogP contribution in [0.5, 0.6) is 11.5 Å². The van der Waals surface area contributed by atoms with E-state index in [-0.39, 0.29) is 47.8 Å². The Morgan fingerprint density at radius 2 is 1.66 bits per heavy atom. The van der Waals surface area contributed by atoms with Crippen LogP contribution in [0.25, 0.3) is 0 Å². The van der Waals surface area contributed by atoms with E-state index in [9.17, 15) is 33.0 Å². The fourth-order valence-corrected chi connectivity index (χ4v) is 12.5. The number of benzene rings is 2. The summed E-state index contributed by atoms with van der Waals surface area (Å²) in [4.78, 5) is 31.0. The second kappa shape index (κ2) is 13.7. The molecule has 7 aliphatic rings. The van der Waals surface area contributed by atoms with Crippen molar-refractivity contribution < 1.29 is 47.2 Å². The number of aliphatic hydroxyl groups is 2. The number of hydrogen-bond donors (Lipinski definition) is 2. The van der Waals surface area contributed by atoms with E-state index in [0.29, 0.717) is 68.7 Å². The first-order chi connectivity index (χ1) is 26.5. The summed E-state index contributed by atoms with van der Waals surface area (Å²) in [5.74, 6) is 0.237. The lowest BCUT2D eigenvalue weighted by atomic mass is 9.32. The minimum absolute atomic E-state index is 0.0151. The van der Waals surface area contributed by atoms with Crippen LogP contribution in [0.2, 0.25) is 0 Å². The first kappa shape index (κ1) is 39.2. The lowest BCUT2D eigenvalue weighted by molar-refractivity contribution is -0.179. The van der Waals surface area contributed by atoms with Gasteiger partial charge in [0.15, 0.2) is 17.3 Å². The van der Waals surface area contributed by atoms with E-state index >= 15 is 0 Å². The summed E-state index contributed by atoms with van der Waals surface area (Å²) in [6.45, 7) is 5.41. The molecule has 6 aliphatic carbocycles. The molecule has 56 heavy (non-hydrogen) atoms. The summed E-state index contributed by atoms with van der Waals surface area (Å²) in [7, 11) is 3.11. The molecule has 0 aromatic heterocycles. The van der Waals surface area contributed by atoms with Crippen LogP contribution in [0, 0.1) is 33.5 Å². The third-order valence-corrected chi connectivity index (χ3v) is 15.5. The van der Waals surface area contributed by atoms with Gasteiger partial charge in [0, 0.05) is 40.5 Å². The van der Waals surface area contributed by atoms with Gasteiger partial charge in [-0.1, -0.05) is 50.3 Å². The highest BCUT2D eigenvalue weighted by atomic mass is 19.4. The van der Waals surface area contributed by atoms with Crippen LogP contribution in [0.3, 0.4) is 0 Å². The first-order valence-electron chi connectivity index (χ1n) is 20.2. The number of Topliss-reactive ketones (excluding diaryl/α,β-unsaturated/α-hetero) is 1. The molecular weight excluding hydrogens is 723 g/mol. The van der Waals surface area contributed by atoms with Gasteiger partial charge in [-0.2, -0.15) is 13.2 Å². The zero-order chi connectivity index (χ0) is 39.9. The molecule has 2 aromatic rings. The molecule has 11 heteroatoms. The lowest BCUT2D eigenvalue weighted by Crippen LogP contribution is -2.67. The molecule has 8 nitrogen and oxygen atoms in total. The Hall–Kier alpha value is -3.67. The van der Waals surface area contributed by atoms with E-state index in [1.165, 1.54) is 12.1 Å². The molecule has 1 unspecified atom stereocenters. The van der Waals surface area contributed by atoms with Crippen molar-refractivity contribution in [1.29, 1.82) is 0 Å². The topological polar surface area (TPSA) is 106 Å². The normalized spacial score (nSPS) is 37.0. The molecule has 1 heterocycles. The molecule has 9 atom stereocenters. The number of allylic oxidation sites excluding steroid dienone is 4. The van der Waals surface area contributed by atoms with Crippen molar-refractivity contribution in [3.8, 4) is 11.5 Å². The largest absolute Gasteiger partial charge is 0.493 e. The minimum Gasteiger partial charge on any atom is -0.493 e. The Balaban J connectivity index is 1.17. The monoisotopic (exact) mass is 777 g/mol. The van der Waals surface area contributed by atoms with Gasteiger partial charge in [-0.05, 0) is 105 Å². The van der Waals surface area contributed by atoms with Crippen LogP contribution in [0.1, 0.15) is 93.1 Å². The minimum atomic E-state index is -4.61. The summed E-state index contributed by atoms with van der Waals surface area (Å²) in [5.41, 5.74) is -3.51. The van der Waals surface area contributed by atoms with Gasteiger partial charge in [-0.15, -0.1) is 0 Å². The number of hydrogen-bond acceptors (Lipinski definition) is 7. The number of rotatable bonds is 10. The summed E-state index contributed by atoms with van der Waals surface area (Å²) in [6.07, 6.45) is 6.95. The summed E-state index contributed by atoms with van der Waals surface area (Å²) < 4.78 is 58.8. The summed E-state index contributed by atoms with van der Waals surface area (Å²) >= 11 is 0. The Bertz CT molecular complexity index is 1960.